The first-order chi connectivity index (χ1) is 10.6. The number of fused-ring (bicyclic) bond motifs is 2. The molecule has 0 N–H and O–H groups in total. The molecule has 7 heteroatoms. The van der Waals surface area contributed by atoms with Crippen LogP contribution in [0, 0.1) is 0 Å². The molecule has 0 amide bonds. The van der Waals surface area contributed by atoms with Crippen molar-refractivity contribution in [1.82, 2.24) is 14.9 Å². The zero-order chi connectivity index (χ0) is 15.3. The second kappa shape index (κ2) is 5.49. The predicted molar refractivity (Wildman–Crippen MR) is 87.9 cm³/mol. The summed E-state index contributed by atoms with van der Waals surface area (Å²) < 4.78 is 5.88. The first-order valence-corrected chi connectivity index (χ1v) is 8.06. The number of likely N-dealkylation sites (N-methyl/N-ethyl adjacent to an activating group) is 1. The summed E-state index contributed by atoms with van der Waals surface area (Å²) in [7, 11) is 2.15. The maximum absolute atomic E-state index is 6.08. The highest BCUT2D eigenvalue weighted by Gasteiger charge is 2.39. The highest BCUT2D eigenvalue weighted by Crippen LogP contribution is 2.29. The van der Waals surface area contributed by atoms with E-state index in [1.54, 1.807) is 18.3 Å². The molecule has 4 rings (SSSR count). The lowest BCUT2D eigenvalue weighted by molar-refractivity contribution is -0.0362. The van der Waals surface area contributed by atoms with Crippen LogP contribution in [0.4, 0.5) is 5.82 Å². The van der Waals surface area contributed by atoms with E-state index in [9.17, 15) is 0 Å². The van der Waals surface area contributed by atoms with Crippen molar-refractivity contribution in [2.75, 3.05) is 38.2 Å². The normalized spacial score (nSPS) is 25.7. The van der Waals surface area contributed by atoms with Crippen LogP contribution >= 0.6 is 23.2 Å². The fourth-order valence-corrected chi connectivity index (χ4v) is 3.51. The van der Waals surface area contributed by atoms with Crippen molar-refractivity contribution in [3.8, 4) is 0 Å². The molecule has 1 aromatic carbocycles. The second-order valence-electron chi connectivity index (χ2n) is 5.85. The Kier molecular flexibility index (Phi) is 3.61. The maximum atomic E-state index is 6.08. The summed E-state index contributed by atoms with van der Waals surface area (Å²) in [6.07, 6.45) is 2.04. The predicted octanol–water partition coefficient (Wildman–Crippen LogP) is 2.46. The molecule has 5 nitrogen and oxygen atoms in total. The Hall–Kier alpha value is -1.14. The SMILES string of the molecule is CN1CCO[C@H]2CN(c3cnc4cc(Cl)c(Cl)cc4n3)C[C@H]21. The fraction of sp³-hybridized carbons (Fsp3) is 0.467. The molecule has 116 valence electrons. The Bertz CT molecular complexity index is 726. The Balaban J connectivity index is 1.65. The lowest BCUT2D eigenvalue weighted by atomic mass is 10.1. The molecule has 2 saturated heterocycles. The number of morpholine rings is 1. The average molecular weight is 339 g/mol. The van der Waals surface area contributed by atoms with E-state index in [1.807, 2.05) is 0 Å². The van der Waals surface area contributed by atoms with E-state index in [0.717, 1.165) is 43.1 Å². The number of hydrogen-bond acceptors (Lipinski definition) is 5. The molecular weight excluding hydrogens is 323 g/mol. The van der Waals surface area contributed by atoms with E-state index in [1.165, 1.54) is 0 Å². The third-order valence-corrected chi connectivity index (χ3v) is 5.20. The van der Waals surface area contributed by atoms with E-state index in [4.69, 9.17) is 27.9 Å². The molecule has 22 heavy (non-hydrogen) atoms. The summed E-state index contributed by atoms with van der Waals surface area (Å²) in [6.45, 7) is 3.52. The number of benzene rings is 1. The number of anilines is 1. The average Bonchev–Trinajstić information content (AvgIpc) is 2.94. The number of aromatic nitrogens is 2. The van der Waals surface area contributed by atoms with E-state index >= 15 is 0 Å². The van der Waals surface area contributed by atoms with Crippen molar-refractivity contribution in [1.29, 1.82) is 0 Å². The number of ether oxygens (including phenoxy) is 1. The Morgan fingerprint density at radius 1 is 1.18 bits per heavy atom. The van der Waals surface area contributed by atoms with Crippen LogP contribution in [0.25, 0.3) is 11.0 Å². The molecule has 0 aliphatic carbocycles. The van der Waals surface area contributed by atoms with Crippen molar-refractivity contribution in [3.05, 3.63) is 28.4 Å². The van der Waals surface area contributed by atoms with E-state index in [-0.39, 0.29) is 6.10 Å². The van der Waals surface area contributed by atoms with Crippen LogP contribution in [0.3, 0.4) is 0 Å². The van der Waals surface area contributed by atoms with Crippen molar-refractivity contribution >= 4 is 40.1 Å². The topological polar surface area (TPSA) is 41.5 Å². The Morgan fingerprint density at radius 3 is 2.73 bits per heavy atom. The molecule has 2 aromatic rings. The summed E-state index contributed by atoms with van der Waals surface area (Å²) >= 11 is 12.1. The Labute approximate surface area is 138 Å². The zero-order valence-corrected chi connectivity index (χ0v) is 13.7. The van der Waals surface area contributed by atoms with Crippen LogP contribution in [0.15, 0.2) is 18.3 Å². The smallest absolute Gasteiger partial charge is 0.147 e. The first-order valence-electron chi connectivity index (χ1n) is 7.30. The van der Waals surface area contributed by atoms with Crippen LogP contribution in [-0.2, 0) is 4.74 Å². The number of nitrogens with zero attached hydrogens (tertiary/aromatic N) is 4. The fourth-order valence-electron chi connectivity index (χ4n) is 3.20. The molecule has 0 bridgehead atoms. The molecule has 0 saturated carbocycles. The molecule has 2 atom stereocenters. The van der Waals surface area contributed by atoms with Gasteiger partial charge in [-0.2, -0.15) is 0 Å². The van der Waals surface area contributed by atoms with Gasteiger partial charge in [-0.1, -0.05) is 23.2 Å². The molecule has 2 aliphatic heterocycles. The van der Waals surface area contributed by atoms with Gasteiger partial charge in [-0.25, -0.2) is 4.98 Å². The van der Waals surface area contributed by atoms with E-state index in [2.05, 4.69) is 26.8 Å². The van der Waals surface area contributed by atoms with Gasteiger partial charge in [-0.05, 0) is 19.2 Å². The summed E-state index contributed by atoms with van der Waals surface area (Å²) in [6, 6.07) is 3.93. The molecule has 1 aromatic heterocycles. The van der Waals surface area contributed by atoms with Crippen LogP contribution in [0.1, 0.15) is 0 Å². The summed E-state index contributed by atoms with van der Waals surface area (Å²) in [5.41, 5.74) is 1.51. The van der Waals surface area contributed by atoms with Gasteiger partial charge in [0.2, 0.25) is 0 Å². The van der Waals surface area contributed by atoms with Crippen molar-refractivity contribution in [3.63, 3.8) is 0 Å². The molecule has 2 aliphatic rings. The van der Waals surface area contributed by atoms with Gasteiger partial charge in [0, 0.05) is 19.6 Å². The van der Waals surface area contributed by atoms with Gasteiger partial charge in [-0.3, -0.25) is 9.88 Å². The van der Waals surface area contributed by atoms with Gasteiger partial charge in [0.25, 0.3) is 0 Å². The quantitative estimate of drug-likeness (QED) is 0.798. The minimum atomic E-state index is 0.241. The number of rotatable bonds is 1. The van der Waals surface area contributed by atoms with Crippen LogP contribution in [-0.4, -0.2) is 60.3 Å². The van der Waals surface area contributed by atoms with E-state index in [0.29, 0.717) is 16.1 Å². The van der Waals surface area contributed by atoms with Crippen molar-refractivity contribution in [2.45, 2.75) is 12.1 Å². The van der Waals surface area contributed by atoms with Gasteiger partial charge in [0.15, 0.2) is 0 Å². The number of halogens is 2. The van der Waals surface area contributed by atoms with Crippen LogP contribution in [0.2, 0.25) is 10.0 Å². The largest absolute Gasteiger partial charge is 0.373 e. The molecule has 0 unspecified atom stereocenters. The second-order valence-corrected chi connectivity index (χ2v) is 6.66. The van der Waals surface area contributed by atoms with Gasteiger partial charge in [0.1, 0.15) is 5.82 Å². The monoisotopic (exact) mass is 338 g/mol. The summed E-state index contributed by atoms with van der Waals surface area (Å²) in [5, 5.41) is 0.997. The molecule has 2 fully saturated rings. The van der Waals surface area contributed by atoms with Gasteiger partial charge < -0.3 is 9.64 Å². The van der Waals surface area contributed by atoms with Gasteiger partial charge >= 0.3 is 0 Å². The standard InChI is InChI=1S/C15H16Cl2N4O/c1-20-2-3-22-14-8-21(7-13(14)20)15-6-18-11-4-9(16)10(17)5-12(11)19-15/h4-6,13-14H,2-3,7-8H2,1H3/t13-,14+/m1/s1. The van der Waals surface area contributed by atoms with Gasteiger partial charge in [-0.15, -0.1) is 0 Å². The van der Waals surface area contributed by atoms with Crippen molar-refractivity contribution < 1.29 is 4.74 Å². The van der Waals surface area contributed by atoms with Crippen LogP contribution < -0.4 is 4.90 Å². The lowest BCUT2D eigenvalue weighted by Gasteiger charge is -2.33. The minimum Gasteiger partial charge on any atom is -0.373 e. The zero-order valence-electron chi connectivity index (χ0n) is 12.2. The third-order valence-electron chi connectivity index (χ3n) is 4.47. The molecule has 0 spiro atoms. The third kappa shape index (κ3) is 2.42. The maximum Gasteiger partial charge on any atom is 0.147 e. The Morgan fingerprint density at radius 2 is 1.95 bits per heavy atom. The highest BCUT2D eigenvalue weighted by molar-refractivity contribution is 6.42. The van der Waals surface area contributed by atoms with E-state index < -0.39 is 0 Å². The molecule has 0 radical (unpaired) electrons. The van der Waals surface area contributed by atoms with Gasteiger partial charge in [0.05, 0.1) is 46.0 Å². The lowest BCUT2D eigenvalue weighted by Crippen LogP contribution is -2.48. The summed E-state index contributed by atoms with van der Waals surface area (Å²) in [5.74, 6) is 0.859. The highest BCUT2D eigenvalue weighted by atomic mass is 35.5. The number of hydrogen-bond donors (Lipinski definition) is 0. The first kappa shape index (κ1) is 14.5. The molecular formula is C15H16Cl2N4O. The van der Waals surface area contributed by atoms with Crippen molar-refractivity contribution in [2.24, 2.45) is 0 Å². The molecule has 3 heterocycles. The van der Waals surface area contributed by atoms with Crippen LogP contribution in [0.5, 0.6) is 0 Å². The minimum absolute atomic E-state index is 0.241. The summed E-state index contributed by atoms with van der Waals surface area (Å²) in [4.78, 5) is 13.7.